The van der Waals surface area contributed by atoms with Crippen molar-refractivity contribution in [2.45, 2.75) is 18.9 Å². The summed E-state index contributed by atoms with van der Waals surface area (Å²) in [7, 11) is 1.53. The van der Waals surface area contributed by atoms with Gasteiger partial charge in [-0.25, -0.2) is 4.39 Å². The molecule has 0 aliphatic carbocycles. The molecule has 21 heavy (non-hydrogen) atoms. The zero-order chi connectivity index (χ0) is 15.4. The molecule has 6 heteroatoms. The number of esters is 1. The molecule has 114 valence electrons. The number of hydrogen-bond acceptors (Lipinski definition) is 4. The van der Waals surface area contributed by atoms with E-state index in [4.69, 9.17) is 15.2 Å². The van der Waals surface area contributed by atoms with Gasteiger partial charge in [-0.2, -0.15) is 0 Å². The maximum Gasteiger partial charge on any atom is 0.323 e. The number of carbonyl (C=O) groups is 1. The zero-order valence-electron chi connectivity index (χ0n) is 12.1. The molecular weight excluding hydrogens is 275 g/mol. The molecule has 2 atom stereocenters. The summed E-state index contributed by atoms with van der Waals surface area (Å²) in [6.45, 7) is 2.22. The lowest BCUT2D eigenvalue weighted by atomic mass is 9.92. The number of halogens is 1. The Morgan fingerprint density at radius 2 is 2.24 bits per heavy atom. The normalized spacial score (nSPS) is 14.1. The van der Waals surface area contributed by atoms with Gasteiger partial charge >= 0.3 is 5.97 Å². The molecule has 1 heterocycles. The summed E-state index contributed by atoms with van der Waals surface area (Å²) in [6, 6.07) is 3.57. The van der Waals surface area contributed by atoms with Crippen molar-refractivity contribution in [2.24, 2.45) is 5.73 Å². The molecule has 1 aromatic carbocycles. The number of nitrogens with one attached hydrogen (secondary N) is 1. The Balaban J connectivity index is 2.40. The summed E-state index contributed by atoms with van der Waals surface area (Å²) >= 11 is 0. The summed E-state index contributed by atoms with van der Waals surface area (Å²) in [5.74, 6) is -1.25. The van der Waals surface area contributed by atoms with Gasteiger partial charge in [-0.05, 0) is 30.7 Å². The Morgan fingerprint density at radius 3 is 2.90 bits per heavy atom. The molecule has 0 saturated heterocycles. The topological polar surface area (TPSA) is 77.3 Å². The highest BCUT2D eigenvalue weighted by molar-refractivity contribution is 5.85. The molecule has 2 unspecified atom stereocenters. The third-order valence-corrected chi connectivity index (χ3v) is 3.41. The van der Waals surface area contributed by atoms with Crippen LogP contribution in [0, 0.1) is 5.82 Å². The van der Waals surface area contributed by atoms with Crippen LogP contribution in [0.15, 0.2) is 24.4 Å². The number of nitrogens with two attached hydrogens (primary N) is 1. The molecule has 2 rings (SSSR count). The first-order valence-corrected chi connectivity index (χ1v) is 6.76. The minimum Gasteiger partial charge on any atom is -0.465 e. The fourth-order valence-electron chi connectivity index (χ4n) is 2.39. The zero-order valence-corrected chi connectivity index (χ0v) is 12.1. The number of benzene rings is 1. The van der Waals surface area contributed by atoms with E-state index in [1.807, 2.05) is 0 Å². The second-order valence-electron chi connectivity index (χ2n) is 4.77. The molecule has 0 spiro atoms. The SMILES string of the molecule is CCOC(=O)C(N)C(COC)c1c[nH]c2ccc(F)cc12. The molecule has 1 aromatic heterocycles. The van der Waals surface area contributed by atoms with Crippen molar-refractivity contribution in [3.8, 4) is 0 Å². The Morgan fingerprint density at radius 1 is 1.48 bits per heavy atom. The standard InChI is InChI=1S/C15H19FN2O3/c1-3-21-15(19)14(17)12(8-20-2)11-7-18-13-5-4-9(16)6-10(11)13/h4-7,12,14,18H,3,8,17H2,1-2H3. The van der Waals surface area contributed by atoms with Crippen LogP contribution in [0.4, 0.5) is 4.39 Å². The van der Waals surface area contributed by atoms with Crippen molar-refractivity contribution in [1.82, 2.24) is 4.98 Å². The fourth-order valence-corrected chi connectivity index (χ4v) is 2.39. The van der Waals surface area contributed by atoms with Gasteiger partial charge in [0, 0.05) is 30.1 Å². The van der Waals surface area contributed by atoms with Crippen LogP contribution in [0.3, 0.4) is 0 Å². The molecule has 0 aliphatic heterocycles. The van der Waals surface area contributed by atoms with E-state index >= 15 is 0 Å². The third kappa shape index (κ3) is 3.22. The molecule has 5 nitrogen and oxygen atoms in total. The molecule has 3 N–H and O–H groups in total. The number of aromatic nitrogens is 1. The lowest BCUT2D eigenvalue weighted by Gasteiger charge is -2.21. The Hall–Kier alpha value is -1.92. The summed E-state index contributed by atoms with van der Waals surface area (Å²) in [6.07, 6.45) is 1.73. The van der Waals surface area contributed by atoms with E-state index < -0.39 is 17.9 Å². The van der Waals surface area contributed by atoms with Crippen LogP contribution < -0.4 is 5.73 Å². The predicted octanol–water partition coefficient (Wildman–Crippen LogP) is 1.93. The second-order valence-corrected chi connectivity index (χ2v) is 4.77. The van der Waals surface area contributed by atoms with Gasteiger partial charge in [0.1, 0.15) is 11.9 Å². The molecule has 0 saturated carbocycles. The number of rotatable bonds is 6. The largest absolute Gasteiger partial charge is 0.465 e. The van der Waals surface area contributed by atoms with E-state index in [0.717, 1.165) is 11.1 Å². The number of ether oxygens (including phenoxy) is 2. The average Bonchev–Trinajstić information content (AvgIpc) is 2.87. The van der Waals surface area contributed by atoms with E-state index in [9.17, 15) is 9.18 Å². The number of aromatic amines is 1. The molecule has 0 radical (unpaired) electrons. The Labute approximate surface area is 122 Å². The highest BCUT2D eigenvalue weighted by Gasteiger charge is 2.29. The van der Waals surface area contributed by atoms with Gasteiger partial charge in [0.15, 0.2) is 0 Å². The van der Waals surface area contributed by atoms with Crippen molar-refractivity contribution in [2.75, 3.05) is 20.3 Å². The monoisotopic (exact) mass is 294 g/mol. The Kier molecular flexibility index (Phi) is 4.93. The number of carbonyl (C=O) groups excluding carboxylic acids is 1. The summed E-state index contributed by atoms with van der Waals surface area (Å²) < 4.78 is 23.6. The number of hydrogen-bond donors (Lipinski definition) is 2. The van der Waals surface area contributed by atoms with Crippen LogP contribution in [0.5, 0.6) is 0 Å². The van der Waals surface area contributed by atoms with E-state index in [1.165, 1.54) is 19.2 Å². The van der Waals surface area contributed by atoms with Gasteiger partial charge in [-0.3, -0.25) is 4.79 Å². The quantitative estimate of drug-likeness (QED) is 0.798. The molecular formula is C15H19FN2O3. The lowest BCUT2D eigenvalue weighted by Crippen LogP contribution is -2.40. The highest BCUT2D eigenvalue weighted by atomic mass is 19.1. The van der Waals surface area contributed by atoms with E-state index in [0.29, 0.717) is 5.39 Å². The summed E-state index contributed by atoms with van der Waals surface area (Å²) in [5, 5.41) is 0.691. The van der Waals surface area contributed by atoms with Gasteiger partial charge in [-0.1, -0.05) is 0 Å². The van der Waals surface area contributed by atoms with Gasteiger partial charge < -0.3 is 20.2 Å². The van der Waals surface area contributed by atoms with E-state index in [2.05, 4.69) is 4.98 Å². The van der Waals surface area contributed by atoms with Gasteiger partial charge in [0.25, 0.3) is 0 Å². The molecule has 0 fully saturated rings. The number of H-pyrrole nitrogens is 1. The maximum atomic E-state index is 13.5. The van der Waals surface area contributed by atoms with E-state index in [1.54, 1.807) is 19.2 Å². The second kappa shape index (κ2) is 6.69. The number of fused-ring (bicyclic) bond motifs is 1. The van der Waals surface area contributed by atoms with Crippen LogP contribution in [-0.4, -0.2) is 37.3 Å². The van der Waals surface area contributed by atoms with Gasteiger partial charge in [-0.15, -0.1) is 0 Å². The first-order valence-electron chi connectivity index (χ1n) is 6.76. The Bertz CT molecular complexity index is 626. The van der Waals surface area contributed by atoms with Crippen molar-refractivity contribution in [3.05, 3.63) is 35.8 Å². The summed E-state index contributed by atoms with van der Waals surface area (Å²) in [4.78, 5) is 14.9. The van der Waals surface area contributed by atoms with Crippen molar-refractivity contribution in [1.29, 1.82) is 0 Å². The molecule has 0 amide bonds. The fraction of sp³-hybridized carbons (Fsp3) is 0.400. The van der Waals surface area contributed by atoms with Crippen molar-refractivity contribution < 1.29 is 18.7 Å². The van der Waals surface area contributed by atoms with Crippen LogP contribution in [0.25, 0.3) is 10.9 Å². The van der Waals surface area contributed by atoms with Gasteiger partial charge in [0.05, 0.1) is 13.2 Å². The number of methoxy groups -OCH3 is 1. The van der Waals surface area contributed by atoms with Crippen LogP contribution in [0.1, 0.15) is 18.4 Å². The summed E-state index contributed by atoms with van der Waals surface area (Å²) in [5.41, 5.74) is 7.52. The minimum absolute atomic E-state index is 0.240. The molecule has 0 aliphatic rings. The first kappa shape index (κ1) is 15.5. The smallest absolute Gasteiger partial charge is 0.323 e. The highest BCUT2D eigenvalue weighted by Crippen LogP contribution is 2.28. The first-order chi connectivity index (χ1) is 10.1. The molecule has 0 bridgehead atoms. The van der Waals surface area contributed by atoms with E-state index in [-0.39, 0.29) is 19.0 Å². The van der Waals surface area contributed by atoms with Crippen LogP contribution in [0.2, 0.25) is 0 Å². The lowest BCUT2D eigenvalue weighted by molar-refractivity contribution is -0.145. The minimum atomic E-state index is -0.868. The third-order valence-electron chi connectivity index (χ3n) is 3.41. The maximum absolute atomic E-state index is 13.5. The van der Waals surface area contributed by atoms with Crippen LogP contribution >= 0.6 is 0 Å². The van der Waals surface area contributed by atoms with Crippen molar-refractivity contribution in [3.63, 3.8) is 0 Å². The predicted molar refractivity (Wildman–Crippen MR) is 77.5 cm³/mol. The van der Waals surface area contributed by atoms with Crippen molar-refractivity contribution >= 4 is 16.9 Å². The molecule has 2 aromatic rings. The van der Waals surface area contributed by atoms with Crippen LogP contribution in [-0.2, 0) is 14.3 Å². The van der Waals surface area contributed by atoms with Gasteiger partial charge in [0.2, 0.25) is 0 Å². The average molecular weight is 294 g/mol.